The zero-order valence-corrected chi connectivity index (χ0v) is 11.1. The van der Waals surface area contributed by atoms with E-state index >= 15 is 0 Å². The van der Waals surface area contributed by atoms with Gasteiger partial charge in [-0.3, -0.25) is 0 Å². The van der Waals surface area contributed by atoms with E-state index in [-0.39, 0.29) is 5.97 Å². The molecule has 104 valence electrons. The molecular weight excluding hydrogens is 246 g/mol. The molecule has 0 amide bonds. The molecule has 0 radical (unpaired) electrons. The zero-order chi connectivity index (χ0) is 13.5. The highest BCUT2D eigenvalue weighted by atomic mass is 16.6. The molecule has 1 aliphatic heterocycles. The molecule has 1 unspecified atom stereocenters. The number of benzene rings is 1. The fraction of sp³-hybridized carbons (Fsp3) is 0.500. The normalized spacial score (nSPS) is 18.4. The number of carbonyl (C=O) groups is 1. The van der Waals surface area contributed by atoms with Crippen LogP contribution in [0.2, 0.25) is 0 Å². The summed E-state index contributed by atoms with van der Waals surface area (Å²) in [4.78, 5) is 11.3. The van der Waals surface area contributed by atoms with Gasteiger partial charge >= 0.3 is 5.97 Å². The fourth-order valence-electron chi connectivity index (χ4n) is 1.88. The Kier molecular flexibility index (Phi) is 5.18. The van der Waals surface area contributed by atoms with Crippen LogP contribution in [-0.2, 0) is 20.8 Å². The number of rotatable bonds is 7. The summed E-state index contributed by atoms with van der Waals surface area (Å²) < 4.78 is 15.5. The Balaban J connectivity index is 1.86. The minimum absolute atomic E-state index is 0.274. The first-order valence-corrected chi connectivity index (χ1v) is 6.41. The second-order valence-electron chi connectivity index (χ2n) is 4.38. The summed E-state index contributed by atoms with van der Waals surface area (Å²) in [5, 5.41) is 3.26. The molecule has 1 saturated heterocycles. The van der Waals surface area contributed by atoms with E-state index < -0.39 is 6.10 Å². The molecule has 1 fully saturated rings. The van der Waals surface area contributed by atoms with Gasteiger partial charge < -0.3 is 19.5 Å². The van der Waals surface area contributed by atoms with Crippen molar-refractivity contribution in [1.82, 2.24) is 5.32 Å². The molecule has 0 bridgehead atoms. The van der Waals surface area contributed by atoms with Gasteiger partial charge in [0.25, 0.3) is 0 Å². The van der Waals surface area contributed by atoms with Crippen LogP contribution in [0.4, 0.5) is 0 Å². The van der Waals surface area contributed by atoms with Gasteiger partial charge in [-0.05, 0) is 17.7 Å². The molecule has 0 spiro atoms. The summed E-state index contributed by atoms with van der Waals surface area (Å²) >= 11 is 0. The van der Waals surface area contributed by atoms with Crippen molar-refractivity contribution in [2.24, 2.45) is 0 Å². The first kappa shape index (κ1) is 13.8. The Bertz CT molecular complexity index is 422. The van der Waals surface area contributed by atoms with Gasteiger partial charge in [0.05, 0.1) is 13.2 Å². The molecule has 1 aromatic carbocycles. The van der Waals surface area contributed by atoms with E-state index in [0.29, 0.717) is 25.4 Å². The third kappa shape index (κ3) is 4.22. The van der Waals surface area contributed by atoms with Crippen LogP contribution in [0, 0.1) is 0 Å². The van der Waals surface area contributed by atoms with Crippen LogP contribution >= 0.6 is 0 Å². The highest BCUT2D eigenvalue weighted by Gasteiger charge is 2.28. The largest absolute Gasteiger partial charge is 0.479 e. The highest BCUT2D eigenvalue weighted by Crippen LogP contribution is 2.19. The van der Waals surface area contributed by atoms with E-state index in [2.05, 4.69) is 5.32 Å². The van der Waals surface area contributed by atoms with Gasteiger partial charge in [0.2, 0.25) is 0 Å². The lowest BCUT2D eigenvalue weighted by atomic mass is 10.2. The molecule has 5 nitrogen and oxygen atoms in total. The molecule has 19 heavy (non-hydrogen) atoms. The predicted molar refractivity (Wildman–Crippen MR) is 70.0 cm³/mol. The standard InChI is InChI=1S/C14H19NO4/c1-17-8-6-15-10-11-3-2-4-12(9-11)19-13-5-7-18-14(13)16/h2-4,9,13,15H,5-8,10H2,1H3. The second kappa shape index (κ2) is 7.11. The average molecular weight is 265 g/mol. The lowest BCUT2D eigenvalue weighted by Crippen LogP contribution is -2.22. The van der Waals surface area contributed by atoms with Crippen molar-refractivity contribution in [2.75, 3.05) is 26.9 Å². The van der Waals surface area contributed by atoms with Crippen molar-refractivity contribution < 1.29 is 19.0 Å². The molecule has 0 saturated carbocycles. The maximum atomic E-state index is 11.3. The molecule has 1 N–H and O–H groups in total. The van der Waals surface area contributed by atoms with Crippen LogP contribution in [0.15, 0.2) is 24.3 Å². The van der Waals surface area contributed by atoms with Crippen molar-refractivity contribution in [1.29, 1.82) is 0 Å². The number of methoxy groups -OCH3 is 1. The third-order valence-electron chi connectivity index (χ3n) is 2.88. The summed E-state index contributed by atoms with van der Waals surface area (Å²) in [5.74, 6) is 0.429. The fourth-order valence-corrected chi connectivity index (χ4v) is 1.88. The molecular formula is C14H19NO4. The monoisotopic (exact) mass is 265 g/mol. The maximum Gasteiger partial charge on any atom is 0.347 e. The lowest BCUT2D eigenvalue weighted by Gasteiger charge is -2.11. The zero-order valence-electron chi connectivity index (χ0n) is 11.1. The number of carbonyl (C=O) groups excluding carboxylic acids is 1. The number of ether oxygens (including phenoxy) is 3. The molecule has 1 atom stereocenters. The van der Waals surface area contributed by atoms with Gasteiger partial charge in [0.15, 0.2) is 6.10 Å². The van der Waals surface area contributed by atoms with Crippen LogP contribution < -0.4 is 10.1 Å². The van der Waals surface area contributed by atoms with E-state index in [1.807, 2.05) is 24.3 Å². The Hall–Kier alpha value is -1.59. The van der Waals surface area contributed by atoms with Gasteiger partial charge in [-0.25, -0.2) is 4.79 Å². The number of hydrogen-bond donors (Lipinski definition) is 1. The van der Waals surface area contributed by atoms with E-state index in [1.54, 1.807) is 7.11 Å². The topological polar surface area (TPSA) is 56.8 Å². The van der Waals surface area contributed by atoms with Gasteiger partial charge in [-0.15, -0.1) is 0 Å². The highest BCUT2D eigenvalue weighted by molar-refractivity contribution is 5.76. The Morgan fingerprint density at radius 1 is 1.47 bits per heavy atom. The number of hydrogen-bond acceptors (Lipinski definition) is 5. The van der Waals surface area contributed by atoms with Crippen molar-refractivity contribution in [3.8, 4) is 5.75 Å². The summed E-state index contributed by atoms with van der Waals surface area (Å²) in [6, 6.07) is 7.72. The summed E-state index contributed by atoms with van der Waals surface area (Å²) in [5.41, 5.74) is 1.11. The van der Waals surface area contributed by atoms with Crippen LogP contribution in [0.25, 0.3) is 0 Å². The van der Waals surface area contributed by atoms with E-state index in [1.165, 1.54) is 0 Å². The third-order valence-corrected chi connectivity index (χ3v) is 2.88. The van der Waals surface area contributed by atoms with Gasteiger partial charge in [0, 0.05) is 26.6 Å². The van der Waals surface area contributed by atoms with E-state index in [0.717, 1.165) is 18.7 Å². The Morgan fingerprint density at radius 3 is 3.11 bits per heavy atom. The van der Waals surface area contributed by atoms with Crippen molar-refractivity contribution in [3.05, 3.63) is 29.8 Å². The minimum atomic E-state index is -0.461. The Labute approximate surface area is 112 Å². The minimum Gasteiger partial charge on any atom is -0.479 e. The Morgan fingerprint density at radius 2 is 2.37 bits per heavy atom. The van der Waals surface area contributed by atoms with Crippen molar-refractivity contribution in [3.63, 3.8) is 0 Å². The number of esters is 1. The molecule has 1 aliphatic rings. The first-order chi connectivity index (χ1) is 9.29. The molecule has 2 rings (SSSR count). The molecule has 1 aromatic rings. The number of cyclic esters (lactones) is 1. The molecule has 1 heterocycles. The maximum absolute atomic E-state index is 11.3. The molecule has 0 aliphatic carbocycles. The average Bonchev–Trinajstić information content (AvgIpc) is 2.81. The molecule has 0 aromatic heterocycles. The number of nitrogens with one attached hydrogen (secondary N) is 1. The van der Waals surface area contributed by atoms with E-state index in [9.17, 15) is 4.79 Å². The predicted octanol–water partition coefficient (Wildman–Crippen LogP) is 1.12. The van der Waals surface area contributed by atoms with Crippen molar-refractivity contribution >= 4 is 5.97 Å². The summed E-state index contributed by atoms with van der Waals surface area (Å²) in [7, 11) is 1.68. The lowest BCUT2D eigenvalue weighted by molar-refractivity contribution is -0.143. The molecule has 5 heteroatoms. The van der Waals surface area contributed by atoms with Crippen LogP contribution in [0.1, 0.15) is 12.0 Å². The van der Waals surface area contributed by atoms with Crippen LogP contribution in [0.5, 0.6) is 5.75 Å². The SMILES string of the molecule is COCCNCc1cccc(OC2CCOC2=O)c1. The summed E-state index contributed by atoms with van der Waals surface area (Å²) in [6.07, 6.45) is 0.159. The first-order valence-electron chi connectivity index (χ1n) is 6.41. The van der Waals surface area contributed by atoms with Gasteiger partial charge in [-0.1, -0.05) is 12.1 Å². The second-order valence-corrected chi connectivity index (χ2v) is 4.38. The quantitative estimate of drug-likeness (QED) is 0.591. The van der Waals surface area contributed by atoms with Gasteiger partial charge in [0.1, 0.15) is 5.75 Å². The van der Waals surface area contributed by atoms with Crippen molar-refractivity contribution in [2.45, 2.75) is 19.1 Å². The summed E-state index contributed by atoms with van der Waals surface area (Å²) in [6.45, 7) is 2.68. The smallest absolute Gasteiger partial charge is 0.347 e. The van der Waals surface area contributed by atoms with Crippen LogP contribution in [-0.4, -0.2) is 38.9 Å². The van der Waals surface area contributed by atoms with Crippen LogP contribution in [0.3, 0.4) is 0 Å². The van der Waals surface area contributed by atoms with E-state index in [4.69, 9.17) is 14.2 Å². The van der Waals surface area contributed by atoms with Gasteiger partial charge in [-0.2, -0.15) is 0 Å².